The molecule has 0 spiro atoms. The number of halogens is 2. The van der Waals surface area contributed by atoms with Gasteiger partial charge in [-0.2, -0.15) is 0 Å². The van der Waals surface area contributed by atoms with Crippen LogP contribution >= 0.6 is 11.3 Å². The molecule has 0 radical (unpaired) electrons. The second kappa shape index (κ2) is 18.0. The van der Waals surface area contributed by atoms with E-state index in [0.717, 1.165) is 36.3 Å². The van der Waals surface area contributed by atoms with Gasteiger partial charge in [0, 0.05) is 38.9 Å². The second-order valence-corrected chi connectivity index (χ2v) is 11.5. The lowest BCUT2D eigenvalue weighted by Gasteiger charge is -2.12. The van der Waals surface area contributed by atoms with Crippen molar-refractivity contribution in [3.63, 3.8) is 0 Å². The molecule has 0 fully saturated rings. The Morgan fingerprint density at radius 1 is 0.979 bits per heavy atom. The lowest BCUT2D eigenvalue weighted by Crippen LogP contribution is -2.22. The molecule has 0 aliphatic rings. The topological polar surface area (TPSA) is 136 Å². The molecule has 4 aromatic rings. The number of benzene rings is 2. The van der Waals surface area contributed by atoms with Crippen molar-refractivity contribution in [1.29, 1.82) is 0 Å². The zero-order valence-electron chi connectivity index (χ0n) is 26.0. The Balaban J connectivity index is 1.38. The second-order valence-electron chi connectivity index (χ2n) is 10.4. The predicted molar refractivity (Wildman–Crippen MR) is 178 cm³/mol. The molecule has 47 heavy (non-hydrogen) atoms. The molecule has 2 aromatic heterocycles. The van der Waals surface area contributed by atoms with Gasteiger partial charge in [0.15, 0.2) is 0 Å². The van der Waals surface area contributed by atoms with Crippen LogP contribution in [0.25, 0.3) is 16.7 Å². The predicted octanol–water partition coefficient (Wildman–Crippen LogP) is 5.44. The zero-order chi connectivity index (χ0) is 33.6. The molecule has 0 bridgehead atoms. The summed E-state index contributed by atoms with van der Waals surface area (Å²) in [5, 5.41) is 11.6. The molecule has 2 aromatic carbocycles. The number of aromatic nitrogens is 2. The van der Waals surface area contributed by atoms with Crippen LogP contribution in [0.1, 0.15) is 46.3 Å². The summed E-state index contributed by atoms with van der Waals surface area (Å²) >= 11 is 0.723. The van der Waals surface area contributed by atoms with Gasteiger partial charge in [-0.3, -0.25) is 24.3 Å². The van der Waals surface area contributed by atoms with Gasteiger partial charge >= 0.3 is 0 Å². The summed E-state index contributed by atoms with van der Waals surface area (Å²) in [6.07, 6.45) is 0.0643. The average molecular weight is 669 g/mol. The van der Waals surface area contributed by atoms with Crippen molar-refractivity contribution in [3.05, 3.63) is 82.6 Å². The van der Waals surface area contributed by atoms with Crippen molar-refractivity contribution < 1.29 is 32.6 Å². The molecular formula is C33H38F2N6O5S. The van der Waals surface area contributed by atoms with Crippen LogP contribution in [0.4, 0.5) is 20.4 Å². The number of alkyl halides is 2. The third-order valence-electron chi connectivity index (χ3n) is 6.75. The highest BCUT2D eigenvalue weighted by Crippen LogP contribution is 2.30. The van der Waals surface area contributed by atoms with E-state index in [-0.39, 0.29) is 27.5 Å². The van der Waals surface area contributed by atoms with Crippen LogP contribution in [0.5, 0.6) is 0 Å². The number of carbonyl (C=O) groups excluding carboxylic acids is 3. The summed E-state index contributed by atoms with van der Waals surface area (Å²) in [6, 6.07) is 15.4. The number of thiophene rings is 1. The smallest absolute Gasteiger partial charge is 0.272 e. The maximum atomic E-state index is 13.1. The van der Waals surface area contributed by atoms with Gasteiger partial charge in [-0.25, -0.2) is 13.8 Å². The number of nitrogens with one attached hydrogen (secondary N) is 4. The number of imidazole rings is 1. The molecule has 0 aliphatic carbocycles. The maximum Gasteiger partial charge on any atom is 0.272 e. The maximum absolute atomic E-state index is 13.1. The van der Waals surface area contributed by atoms with Crippen LogP contribution in [0.15, 0.2) is 67.3 Å². The molecule has 11 nitrogen and oxygen atoms in total. The Labute approximate surface area is 275 Å². The normalized spacial score (nSPS) is 11.1. The minimum absolute atomic E-state index is 0.0472. The number of anilines is 2. The van der Waals surface area contributed by atoms with Crippen LogP contribution in [0.3, 0.4) is 0 Å². The molecule has 0 aliphatic heterocycles. The van der Waals surface area contributed by atoms with Gasteiger partial charge in [0.05, 0.1) is 39.7 Å². The number of fused-ring (bicyclic) bond motifs is 1. The molecule has 3 amide bonds. The number of hydrogen-bond acceptors (Lipinski definition) is 8. The van der Waals surface area contributed by atoms with E-state index in [9.17, 15) is 23.2 Å². The van der Waals surface area contributed by atoms with Crippen molar-refractivity contribution in [3.8, 4) is 5.69 Å². The Kier molecular flexibility index (Phi) is 13.5. The highest BCUT2D eigenvalue weighted by molar-refractivity contribution is 7.14. The first-order chi connectivity index (χ1) is 22.7. The third kappa shape index (κ3) is 10.8. The first-order valence-electron chi connectivity index (χ1n) is 15.1. The van der Waals surface area contributed by atoms with Gasteiger partial charge in [-0.1, -0.05) is 18.7 Å². The summed E-state index contributed by atoms with van der Waals surface area (Å²) in [4.78, 5) is 40.4. The largest absolute Gasteiger partial charge is 0.379 e. The highest BCUT2D eigenvalue weighted by atomic mass is 32.1. The van der Waals surface area contributed by atoms with Crippen LogP contribution in [-0.2, 0) is 25.6 Å². The van der Waals surface area contributed by atoms with Gasteiger partial charge in [0.25, 0.3) is 12.3 Å². The lowest BCUT2D eigenvalue weighted by molar-refractivity contribution is -0.119. The van der Waals surface area contributed by atoms with E-state index in [1.807, 2.05) is 18.2 Å². The Bertz CT molecular complexity index is 1670. The van der Waals surface area contributed by atoms with E-state index in [1.165, 1.54) is 25.1 Å². The molecule has 14 heteroatoms. The Morgan fingerprint density at radius 3 is 2.45 bits per heavy atom. The van der Waals surface area contributed by atoms with Crippen molar-refractivity contribution >= 4 is 51.7 Å². The number of rotatable bonds is 19. The monoisotopic (exact) mass is 668 g/mol. The van der Waals surface area contributed by atoms with Crippen LogP contribution in [0, 0.1) is 0 Å². The molecule has 0 unspecified atom stereocenters. The molecule has 2 heterocycles. The van der Waals surface area contributed by atoms with Crippen molar-refractivity contribution in [2.75, 3.05) is 50.2 Å². The standard InChI is InChI=1S/C33H38F2N6O5S/c1-3-30(43)38-24-7-4-8-25(20-24)41-27-10-9-23(21-36-13-5-15-45-17-18-46-16-6-14-37-22(2)42)19-26(27)39-33(41)40-32(44)29-12-11-28(47-29)31(34)35/h3-4,7-12,19-20,31,36H,1,5-6,13-18,21H2,2H3,(H,37,42)(H,38,43)(H,39,40,44). The molecule has 0 saturated carbocycles. The zero-order valence-corrected chi connectivity index (χ0v) is 26.8. The first-order valence-corrected chi connectivity index (χ1v) is 15.9. The first kappa shape index (κ1) is 35.4. The van der Waals surface area contributed by atoms with Crippen molar-refractivity contribution in [1.82, 2.24) is 20.2 Å². The van der Waals surface area contributed by atoms with Crippen molar-refractivity contribution in [2.24, 2.45) is 0 Å². The van der Waals surface area contributed by atoms with Crippen LogP contribution in [0.2, 0.25) is 0 Å². The number of nitrogens with zero attached hydrogens (tertiary/aromatic N) is 2. The highest BCUT2D eigenvalue weighted by Gasteiger charge is 2.19. The van der Waals surface area contributed by atoms with E-state index in [0.29, 0.717) is 61.9 Å². The van der Waals surface area contributed by atoms with Gasteiger partial charge in [0.2, 0.25) is 17.8 Å². The summed E-state index contributed by atoms with van der Waals surface area (Å²) in [5.41, 5.74) is 3.41. The van der Waals surface area contributed by atoms with E-state index in [2.05, 4.69) is 32.8 Å². The molecule has 0 atom stereocenters. The minimum atomic E-state index is -2.67. The Hall–Kier alpha value is -4.50. The number of carbonyl (C=O) groups is 3. The molecule has 250 valence electrons. The summed E-state index contributed by atoms with van der Waals surface area (Å²) in [5.74, 6) is -0.785. The van der Waals surface area contributed by atoms with Gasteiger partial charge in [0.1, 0.15) is 0 Å². The fraction of sp³-hybridized carbons (Fsp3) is 0.333. The van der Waals surface area contributed by atoms with Crippen molar-refractivity contribution in [2.45, 2.75) is 32.7 Å². The molecular weight excluding hydrogens is 630 g/mol. The summed E-state index contributed by atoms with van der Waals surface area (Å²) in [7, 11) is 0. The van der Waals surface area contributed by atoms with Gasteiger partial charge < -0.3 is 25.4 Å². The summed E-state index contributed by atoms with van der Waals surface area (Å²) in [6.45, 7) is 9.04. The van der Waals surface area contributed by atoms with Crippen LogP contribution in [-0.4, -0.2) is 66.8 Å². The number of amides is 3. The fourth-order valence-electron chi connectivity index (χ4n) is 4.54. The quantitative estimate of drug-likeness (QED) is 0.0772. The molecule has 0 saturated heterocycles. The Morgan fingerprint density at radius 2 is 1.74 bits per heavy atom. The van der Waals surface area contributed by atoms with E-state index >= 15 is 0 Å². The van der Waals surface area contributed by atoms with E-state index in [1.54, 1.807) is 28.8 Å². The van der Waals surface area contributed by atoms with E-state index < -0.39 is 12.3 Å². The van der Waals surface area contributed by atoms with Gasteiger partial charge in [-0.15, -0.1) is 11.3 Å². The lowest BCUT2D eigenvalue weighted by atomic mass is 10.2. The summed E-state index contributed by atoms with van der Waals surface area (Å²) < 4.78 is 39.1. The SMILES string of the molecule is C=CC(=O)Nc1cccc(-n2c(NC(=O)c3ccc(C(F)F)s3)nc3cc(CNCCCOCCOCCCNC(C)=O)ccc32)c1. The van der Waals surface area contributed by atoms with Crippen LogP contribution < -0.4 is 21.3 Å². The average Bonchev–Trinajstić information content (AvgIpc) is 3.68. The minimum Gasteiger partial charge on any atom is -0.379 e. The fourth-order valence-corrected chi connectivity index (χ4v) is 5.30. The van der Waals surface area contributed by atoms with E-state index in [4.69, 9.17) is 9.47 Å². The molecule has 4 N–H and O–H groups in total. The molecule has 4 rings (SSSR count). The number of hydrogen-bond donors (Lipinski definition) is 4. The third-order valence-corrected chi connectivity index (χ3v) is 7.84. The number of ether oxygens (including phenoxy) is 2. The van der Waals surface area contributed by atoms with Gasteiger partial charge in [-0.05, 0) is 73.5 Å².